The molecular formula is C3H16O2Si4. The normalized spacial score (nSPS) is 19.0. The molecule has 0 amide bonds. The molecule has 0 bridgehead atoms. The van der Waals surface area contributed by atoms with Crippen molar-refractivity contribution in [3.05, 3.63) is 0 Å². The first-order chi connectivity index (χ1) is 4.22. The molecule has 0 aromatic heterocycles. The highest BCUT2D eigenvalue weighted by molar-refractivity contribution is 7.17. The van der Waals surface area contributed by atoms with E-state index in [0.29, 0.717) is 0 Å². The molecule has 0 heterocycles. The molecule has 0 radical (unpaired) electrons. The Morgan fingerprint density at radius 2 is 1.89 bits per heavy atom. The van der Waals surface area contributed by atoms with E-state index in [1.54, 1.807) is 0 Å². The van der Waals surface area contributed by atoms with Crippen molar-refractivity contribution in [2.75, 3.05) is 0 Å². The average Bonchev–Trinajstić information content (AvgIpc) is 1.87. The van der Waals surface area contributed by atoms with E-state index in [1.165, 1.54) is 0 Å². The van der Waals surface area contributed by atoms with Gasteiger partial charge in [-0.2, -0.15) is 0 Å². The summed E-state index contributed by atoms with van der Waals surface area (Å²) in [6.07, 6.45) is 0. The van der Waals surface area contributed by atoms with E-state index in [9.17, 15) is 0 Å². The minimum absolute atomic E-state index is 0.154. The maximum absolute atomic E-state index is 5.63. The average molecular weight is 197 g/mol. The van der Waals surface area contributed by atoms with E-state index >= 15 is 0 Å². The van der Waals surface area contributed by atoms with E-state index in [1.807, 2.05) is 0 Å². The summed E-state index contributed by atoms with van der Waals surface area (Å²) in [5, 5.41) is 0. The van der Waals surface area contributed by atoms with Crippen molar-refractivity contribution < 1.29 is 8.23 Å². The smallest absolute Gasteiger partial charge is 0.174 e. The van der Waals surface area contributed by atoms with E-state index in [2.05, 4.69) is 19.6 Å². The van der Waals surface area contributed by atoms with Gasteiger partial charge >= 0.3 is 0 Å². The molecule has 0 saturated heterocycles. The third-order valence-corrected chi connectivity index (χ3v) is 17.3. The summed E-state index contributed by atoms with van der Waals surface area (Å²) in [6, 6.07) is 0. The summed E-state index contributed by atoms with van der Waals surface area (Å²) in [6.45, 7) is 6.72. The van der Waals surface area contributed by atoms with Crippen molar-refractivity contribution in [1.82, 2.24) is 0 Å². The summed E-state index contributed by atoms with van der Waals surface area (Å²) in [4.78, 5) is 0. The molecule has 0 spiro atoms. The standard InChI is InChI=1S/C3H16O2Si4/c1-7-5-9(3)8(2)4-6/h8-9H,7H2,1-3,6H3. The van der Waals surface area contributed by atoms with Crippen molar-refractivity contribution >= 4 is 37.4 Å². The quantitative estimate of drug-likeness (QED) is 0.495. The molecule has 2 nitrogen and oxygen atoms in total. The van der Waals surface area contributed by atoms with Gasteiger partial charge in [-0.25, -0.2) is 0 Å². The lowest BCUT2D eigenvalue weighted by molar-refractivity contribution is 0.607. The molecule has 0 saturated carbocycles. The fourth-order valence-electron chi connectivity index (χ4n) is 0.590. The van der Waals surface area contributed by atoms with Crippen molar-refractivity contribution in [3.63, 3.8) is 0 Å². The van der Waals surface area contributed by atoms with Crippen LogP contribution in [0.1, 0.15) is 0 Å². The lowest BCUT2D eigenvalue weighted by Crippen LogP contribution is -2.35. The van der Waals surface area contributed by atoms with Gasteiger partial charge in [0, 0.05) is 0 Å². The van der Waals surface area contributed by atoms with Crippen molar-refractivity contribution in [2.24, 2.45) is 0 Å². The van der Waals surface area contributed by atoms with Crippen LogP contribution in [-0.2, 0) is 8.23 Å². The molecule has 0 fully saturated rings. The fourth-order valence-corrected chi connectivity index (χ4v) is 12.9. The number of hydrogen-bond donors (Lipinski definition) is 0. The highest BCUT2D eigenvalue weighted by atomic mass is 29.2. The van der Waals surface area contributed by atoms with Crippen molar-refractivity contribution in [2.45, 2.75) is 19.6 Å². The molecule has 6 heteroatoms. The van der Waals surface area contributed by atoms with Crippen LogP contribution in [0.4, 0.5) is 0 Å². The van der Waals surface area contributed by atoms with Gasteiger partial charge in [0.05, 0.1) is 0 Å². The minimum atomic E-state index is -0.783. The summed E-state index contributed by atoms with van der Waals surface area (Å²) < 4.78 is 11.0. The Kier molecular flexibility index (Phi) is 6.05. The second-order valence-corrected chi connectivity index (χ2v) is 14.4. The molecule has 2 unspecified atom stereocenters. The SMILES string of the molecule is C[SiH2]O[SiH](C)[SiH](C)O[SiH3]. The van der Waals surface area contributed by atoms with Gasteiger partial charge in [-0.3, -0.25) is 0 Å². The predicted octanol–water partition coefficient (Wildman–Crippen LogP) is -1.78. The Bertz CT molecular complexity index is 70.8. The number of rotatable bonds is 4. The van der Waals surface area contributed by atoms with Crippen LogP contribution in [0.15, 0.2) is 0 Å². The molecule has 0 N–H and O–H groups in total. The molecule has 0 aromatic carbocycles. The molecule has 0 aliphatic rings. The van der Waals surface area contributed by atoms with Crippen LogP contribution in [0, 0.1) is 0 Å². The first-order valence-corrected chi connectivity index (χ1v) is 12.1. The first-order valence-electron chi connectivity index (χ1n) is 3.36. The summed E-state index contributed by atoms with van der Waals surface area (Å²) in [5.41, 5.74) is 0. The Labute approximate surface area is 65.7 Å². The van der Waals surface area contributed by atoms with Gasteiger partial charge in [0.1, 0.15) is 20.2 Å². The molecule has 0 aromatic rings. The molecule has 0 rings (SSSR count). The Balaban J connectivity index is 3.32. The van der Waals surface area contributed by atoms with E-state index < -0.39 is 17.1 Å². The van der Waals surface area contributed by atoms with Crippen LogP contribution >= 0.6 is 0 Å². The largest absolute Gasteiger partial charge is 0.466 e. The lowest BCUT2D eigenvalue weighted by Gasteiger charge is -2.15. The fraction of sp³-hybridized carbons (Fsp3) is 1.00. The van der Waals surface area contributed by atoms with Crippen molar-refractivity contribution in [3.8, 4) is 0 Å². The van der Waals surface area contributed by atoms with Gasteiger partial charge in [0.25, 0.3) is 0 Å². The van der Waals surface area contributed by atoms with E-state index in [4.69, 9.17) is 8.23 Å². The molecule has 9 heavy (non-hydrogen) atoms. The molecule has 0 aliphatic heterocycles. The van der Waals surface area contributed by atoms with Gasteiger partial charge in [0.15, 0.2) is 17.1 Å². The maximum atomic E-state index is 5.63. The lowest BCUT2D eigenvalue weighted by atomic mass is 11.9. The molecule has 2 atom stereocenters. The predicted molar refractivity (Wildman–Crippen MR) is 52.5 cm³/mol. The Hall–Kier alpha value is 0.788. The Morgan fingerprint density at radius 1 is 1.33 bits per heavy atom. The van der Waals surface area contributed by atoms with Gasteiger partial charge in [0.2, 0.25) is 0 Å². The highest BCUT2D eigenvalue weighted by Crippen LogP contribution is 1.91. The zero-order valence-corrected chi connectivity index (χ0v) is 12.4. The number of hydrogen-bond acceptors (Lipinski definition) is 2. The minimum Gasteiger partial charge on any atom is -0.466 e. The van der Waals surface area contributed by atoms with Crippen LogP contribution in [0.5, 0.6) is 0 Å². The van der Waals surface area contributed by atoms with Crippen molar-refractivity contribution in [1.29, 1.82) is 0 Å². The van der Waals surface area contributed by atoms with Gasteiger partial charge in [-0.05, 0) is 13.1 Å². The topological polar surface area (TPSA) is 18.5 Å². The maximum Gasteiger partial charge on any atom is 0.174 e. The van der Waals surface area contributed by atoms with Crippen LogP contribution < -0.4 is 0 Å². The summed E-state index contributed by atoms with van der Waals surface area (Å²) >= 11 is 0. The zero-order valence-electron chi connectivity index (χ0n) is 6.68. The monoisotopic (exact) mass is 196 g/mol. The van der Waals surface area contributed by atoms with E-state index in [0.717, 1.165) is 10.5 Å². The van der Waals surface area contributed by atoms with Gasteiger partial charge < -0.3 is 8.23 Å². The third kappa shape index (κ3) is 4.23. The second kappa shape index (κ2) is 5.56. The second-order valence-electron chi connectivity index (χ2n) is 2.10. The highest BCUT2D eigenvalue weighted by Gasteiger charge is 2.13. The third-order valence-electron chi connectivity index (χ3n) is 1.46. The van der Waals surface area contributed by atoms with E-state index in [-0.39, 0.29) is 9.76 Å². The summed E-state index contributed by atoms with van der Waals surface area (Å²) in [7, 11) is -0.807. The molecular weight excluding hydrogens is 180 g/mol. The Morgan fingerprint density at radius 3 is 2.22 bits per heavy atom. The molecule has 56 valence electrons. The molecule has 0 aliphatic carbocycles. The van der Waals surface area contributed by atoms with Gasteiger partial charge in [-0.1, -0.05) is 6.55 Å². The van der Waals surface area contributed by atoms with Crippen LogP contribution in [0.25, 0.3) is 0 Å². The first kappa shape index (κ1) is 9.79. The zero-order chi connectivity index (χ0) is 7.28. The summed E-state index contributed by atoms with van der Waals surface area (Å²) in [5.74, 6) is 0. The van der Waals surface area contributed by atoms with Crippen LogP contribution in [0.3, 0.4) is 0 Å². The van der Waals surface area contributed by atoms with Crippen LogP contribution in [0.2, 0.25) is 19.6 Å². The van der Waals surface area contributed by atoms with Crippen LogP contribution in [-0.4, -0.2) is 37.4 Å². The van der Waals surface area contributed by atoms with Gasteiger partial charge in [-0.15, -0.1) is 0 Å².